The molecule has 0 radical (unpaired) electrons. The molecule has 0 saturated carbocycles. The minimum atomic E-state index is -0.358. The second-order valence-electron chi connectivity index (χ2n) is 4.02. The summed E-state index contributed by atoms with van der Waals surface area (Å²) in [5.41, 5.74) is 7.14. The monoisotopic (exact) mass is 264 g/mol. The van der Waals surface area contributed by atoms with Gasteiger partial charge >= 0.3 is 0 Å². The third-order valence-corrected chi connectivity index (χ3v) is 2.84. The fraction of sp³-hybridized carbons (Fsp3) is 0.273. The number of anilines is 1. The molecule has 0 atom stereocenters. The number of nitrogens with one attached hydrogen (secondary N) is 1. The average molecular weight is 264 g/mol. The molecular weight excluding hydrogens is 252 g/mol. The fourth-order valence-corrected chi connectivity index (χ4v) is 2.13. The van der Waals surface area contributed by atoms with E-state index in [0.29, 0.717) is 11.4 Å². The topological polar surface area (TPSA) is 88.3 Å². The van der Waals surface area contributed by atoms with Crippen molar-refractivity contribution in [2.45, 2.75) is 6.92 Å². The molecule has 2 rings (SSSR count). The smallest absolute Gasteiger partial charge is 0.246 e. The number of pyridine rings is 1. The molecule has 1 aliphatic heterocycles. The van der Waals surface area contributed by atoms with Crippen molar-refractivity contribution >= 4 is 34.8 Å². The summed E-state index contributed by atoms with van der Waals surface area (Å²) in [6.07, 6.45) is 1.60. The number of carbonyl (C=O) groups is 2. The van der Waals surface area contributed by atoms with Crippen LogP contribution in [-0.2, 0) is 9.59 Å². The van der Waals surface area contributed by atoms with Gasteiger partial charge in [0.25, 0.3) is 0 Å². The van der Waals surface area contributed by atoms with Crippen molar-refractivity contribution in [1.29, 1.82) is 0 Å². The lowest BCUT2D eigenvalue weighted by atomic mass is 10.1. The number of carbonyl (C=O) groups excluding carboxylic acids is 2. The SMILES string of the molecule is Cc1ccnc(N2CC(=O)NC(=O)C2)c1C(N)=S. The van der Waals surface area contributed by atoms with Gasteiger partial charge < -0.3 is 10.6 Å². The Bertz CT molecular complexity index is 528. The van der Waals surface area contributed by atoms with Crippen LogP contribution in [0.5, 0.6) is 0 Å². The minimum absolute atomic E-state index is 0.0673. The Kier molecular flexibility index (Phi) is 3.24. The second kappa shape index (κ2) is 4.69. The van der Waals surface area contributed by atoms with E-state index in [0.717, 1.165) is 5.56 Å². The first-order valence-corrected chi connectivity index (χ1v) is 5.73. The molecule has 2 heterocycles. The molecule has 0 spiro atoms. The molecule has 0 unspecified atom stereocenters. The van der Waals surface area contributed by atoms with Crippen molar-refractivity contribution in [1.82, 2.24) is 10.3 Å². The Hall–Kier alpha value is -2.02. The summed E-state index contributed by atoms with van der Waals surface area (Å²) in [7, 11) is 0. The zero-order valence-electron chi connectivity index (χ0n) is 9.77. The molecule has 1 aliphatic rings. The molecule has 0 aromatic carbocycles. The van der Waals surface area contributed by atoms with E-state index in [1.807, 2.05) is 6.92 Å². The number of thiocarbonyl (C=S) groups is 1. The highest BCUT2D eigenvalue weighted by Gasteiger charge is 2.26. The molecule has 1 aromatic heterocycles. The van der Waals surface area contributed by atoms with Crippen molar-refractivity contribution in [3.63, 3.8) is 0 Å². The van der Waals surface area contributed by atoms with E-state index in [-0.39, 0.29) is 29.9 Å². The Morgan fingerprint density at radius 1 is 1.44 bits per heavy atom. The van der Waals surface area contributed by atoms with Crippen LogP contribution in [0.2, 0.25) is 0 Å². The maximum absolute atomic E-state index is 11.4. The van der Waals surface area contributed by atoms with Gasteiger partial charge in [0, 0.05) is 6.20 Å². The molecule has 0 bridgehead atoms. The van der Waals surface area contributed by atoms with Gasteiger partial charge in [0.15, 0.2) is 0 Å². The van der Waals surface area contributed by atoms with E-state index in [1.165, 1.54) is 0 Å². The van der Waals surface area contributed by atoms with E-state index in [1.54, 1.807) is 17.2 Å². The van der Waals surface area contributed by atoms with E-state index in [9.17, 15) is 9.59 Å². The predicted octanol–water partition coefficient (Wildman–Crippen LogP) is -0.513. The van der Waals surface area contributed by atoms with E-state index >= 15 is 0 Å². The lowest BCUT2D eigenvalue weighted by Gasteiger charge is -2.28. The second-order valence-corrected chi connectivity index (χ2v) is 4.46. The molecule has 1 fully saturated rings. The van der Waals surface area contributed by atoms with Crippen LogP contribution < -0.4 is 16.0 Å². The standard InChI is InChI=1S/C11H12N4O2S/c1-6-2-3-13-11(9(6)10(12)18)15-4-7(16)14-8(17)5-15/h2-3H,4-5H2,1H3,(H2,12,18)(H,14,16,17). The Morgan fingerprint density at radius 3 is 2.61 bits per heavy atom. The van der Waals surface area contributed by atoms with Crippen LogP contribution in [0.3, 0.4) is 0 Å². The summed E-state index contributed by atoms with van der Waals surface area (Å²) in [4.78, 5) is 28.7. The maximum atomic E-state index is 11.4. The lowest BCUT2D eigenvalue weighted by molar-refractivity contribution is -0.130. The number of hydrogen-bond donors (Lipinski definition) is 2. The van der Waals surface area contributed by atoms with Crippen LogP contribution >= 0.6 is 12.2 Å². The summed E-state index contributed by atoms with van der Waals surface area (Å²) in [5.74, 6) is -0.238. The number of piperazine rings is 1. The molecule has 6 nitrogen and oxygen atoms in total. The molecule has 2 amide bonds. The molecule has 0 aliphatic carbocycles. The van der Waals surface area contributed by atoms with E-state index < -0.39 is 0 Å². The van der Waals surface area contributed by atoms with Crippen LogP contribution in [0.1, 0.15) is 11.1 Å². The van der Waals surface area contributed by atoms with Gasteiger partial charge in [0.2, 0.25) is 11.8 Å². The van der Waals surface area contributed by atoms with Crippen molar-refractivity contribution in [3.8, 4) is 0 Å². The molecular formula is C11H12N4O2S. The summed E-state index contributed by atoms with van der Waals surface area (Å²) < 4.78 is 0. The van der Waals surface area contributed by atoms with Gasteiger partial charge in [-0.15, -0.1) is 0 Å². The van der Waals surface area contributed by atoms with Gasteiger partial charge in [0.05, 0.1) is 18.7 Å². The summed E-state index contributed by atoms with van der Waals surface area (Å²) in [5, 5.41) is 2.23. The normalized spacial score (nSPS) is 15.5. The zero-order chi connectivity index (χ0) is 13.3. The highest BCUT2D eigenvalue weighted by Crippen LogP contribution is 2.21. The number of rotatable bonds is 2. The molecule has 94 valence electrons. The third-order valence-electron chi connectivity index (χ3n) is 2.63. The maximum Gasteiger partial charge on any atom is 0.246 e. The molecule has 7 heteroatoms. The van der Waals surface area contributed by atoms with Crippen LogP contribution in [0.15, 0.2) is 12.3 Å². The van der Waals surface area contributed by atoms with Crippen LogP contribution in [0.4, 0.5) is 5.82 Å². The highest BCUT2D eigenvalue weighted by atomic mass is 32.1. The largest absolute Gasteiger partial charge is 0.389 e. The molecule has 18 heavy (non-hydrogen) atoms. The van der Waals surface area contributed by atoms with Crippen LogP contribution in [-0.4, -0.2) is 34.9 Å². The first-order valence-electron chi connectivity index (χ1n) is 5.32. The molecule has 3 N–H and O–H groups in total. The summed E-state index contributed by atoms with van der Waals surface area (Å²) >= 11 is 4.99. The predicted molar refractivity (Wildman–Crippen MR) is 70.2 cm³/mol. The lowest BCUT2D eigenvalue weighted by Crippen LogP contribution is -2.52. The number of nitrogens with two attached hydrogens (primary N) is 1. The molecule has 1 aromatic rings. The van der Waals surface area contributed by atoms with Crippen LogP contribution in [0.25, 0.3) is 0 Å². The Labute approximate surface area is 109 Å². The highest BCUT2D eigenvalue weighted by molar-refractivity contribution is 7.80. The first-order chi connectivity index (χ1) is 8.49. The van der Waals surface area contributed by atoms with Gasteiger partial charge in [-0.2, -0.15) is 0 Å². The third kappa shape index (κ3) is 2.30. The van der Waals surface area contributed by atoms with Crippen LogP contribution in [0, 0.1) is 6.92 Å². The van der Waals surface area contributed by atoms with Gasteiger partial charge in [0.1, 0.15) is 10.8 Å². The van der Waals surface area contributed by atoms with Gasteiger partial charge in [-0.3, -0.25) is 14.9 Å². The summed E-state index contributed by atoms with van der Waals surface area (Å²) in [6, 6.07) is 1.78. The van der Waals surface area contributed by atoms with Crippen molar-refractivity contribution in [3.05, 3.63) is 23.4 Å². The first kappa shape index (κ1) is 12.4. The quantitative estimate of drug-likeness (QED) is 0.552. The number of imide groups is 1. The van der Waals surface area contributed by atoms with Crippen molar-refractivity contribution in [2.24, 2.45) is 5.73 Å². The number of aryl methyl sites for hydroxylation is 1. The average Bonchev–Trinajstić information content (AvgIpc) is 2.26. The van der Waals surface area contributed by atoms with Crippen molar-refractivity contribution in [2.75, 3.05) is 18.0 Å². The number of amides is 2. The fourth-order valence-electron chi connectivity index (χ4n) is 1.88. The van der Waals surface area contributed by atoms with Crippen molar-refractivity contribution < 1.29 is 9.59 Å². The van der Waals surface area contributed by atoms with E-state index in [2.05, 4.69) is 10.3 Å². The van der Waals surface area contributed by atoms with Gasteiger partial charge in [-0.1, -0.05) is 12.2 Å². The number of hydrogen-bond acceptors (Lipinski definition) is 5. The number of nitrogens with zero attached hydrogens (tertiary/aromatic N) is 2. The Morgan fingerprint density at radius 2 is 2.06 bits per heavy atom. The van der Waals surface area contributed by atoms with E-state index in [4.69, 9.17) is 18.0 Å². The number of aromatic nitrogens is 1. The minimum Gasteiger partial charge on any atom is -0.389 e. The van der Waals surface area contributed by atoms with Gasteiger partial charge in [-0.05, 0) is 18.6 Å². The summed E-state index contributed by atoms with van der Waals surface area (Å²) in [6.45, 7) is 1.99. The molecule has 1 saturated heterocycles. The van der Waals surface area contributed by atoms with Gasteiger partial charge in [-0.25, -0.2) is 4.98 Å². The zero-order valence-corrected chi connectivity index (χ0v) is 10.6. The Balaban J connectivity index is 2.44.